The second kappa shape index (κ2) is 5.81. The van der Waals surface area contributed by atoms with E-state index >= 15 is 0 Å². The van der Waals surface area contributed by atoms with E-state index in [1.807, 2.05) is 36.4 Å². The summed E-state index contributed by atoms with van der Waals surface area (Å²) in [4.78, 5) is 10.9. The maximum atomic E-state index is 12.0. The zero-order valence-electron chi connectivity index (χ0n) is 11.5. The Bertz CT molecular complexity index is 872. The third-order valence-electron chi connectivity index (χ3n) is 3.71. The average Bonchev–Trinajstić information content (AvgIpc) is 2.54. The molecule has 22 heavy (non-hydrogen) atoms. The summed E-state index contributed by atoms with van der Waals surface area (Å²) in [5.41, 5.74) is 1.25. The summed E-state index contributed by atoms with van der Waals surface area (Å²) in [7, 11) is 0. The molecular formula is C18H12BrO3. The standard InChI is InChI=1S/C18H12BrO3/c19-17-12(6-5-11-3-1-2-4-14(11)17)9-15-16(21)8-7-13(10-20)18(15)22/h1-8,10,22H,9H2. The lowest BCUT2D eigenvalue weighted by atomic mass is 9.98. The van der Waals surface area contributed by atoms with Gasteiger partial charge in [0.05, 0.1) is 5.56 Å². The van der Waals surface area contributed by atoms with E-state index in [1.165, 1.54) is 12.1 Å². The van der Waals surface area contributed by atoms with E-state index < -0.39 is 0 Å². The van der Waals surface area contributed by atoms with Crippen molar-refractivity contribution in [2.45, 2.75) is 6.42 Å². The molecule has 0 saturated carbocycles. The number of fused-ring (bicyclic) bond motifs is 1. The first-order valence-electron chi connectivity index (χ1n) is 6.75. The summed E-state index contributed by atoms with van der Waals surface area (Å²) in [5, 5.41) is 24.2. The Labute approximate surface area is 136 Å². The van der Waals surface area contributed by atoms with Crippen molar-refractivity contribution < 1.29 is 15.0 Å². The number of aromatic hydroxyl groups is 1. The van der Waals surface area contributed by atoms with Crippen molar-refractivity contribution in [1.82, 2.24) is 0 Å². The maximum Gasteiger partial charge on any atom is 0.185 e. The van der Waals surface area contributed by atoms with Crippen LogP contribution in [0.4, 0.5) is 0 Å². The summed E-state index contributed by atoms with van der Waals surface area (Å²) in [6.07, 6.45) is 0.811. The number of carbonyl (C=O) groups is 1. The maximum absolute atomic E-state index is 12.0. The van der Waals surface area contributed by atoms with Crippen LogP contribution in [0.5, 0.6) is 11.5 Å². The van der Waals surface area contributed by atoms with Crippen LogP contribution in [0.3, 0.4) is 0 Å². The minimum absolute atomic E-state index is 0.131. The molecule has 1 radical (unpaired) electrons. The Morgan fingerprint density at radius 3 is 2.59 bits per heavy atom. The average molecular weight is 356 g/mol. The lowest BCUT2D eigenvalue weighted by molar-refractivity contribution is 0.112. The first-order valence-corrected chi connectivity index (χ1v) is 7.54. The van der Waals surface area contributed by atoms with E-state index in [2.05, 4.69) is 15.9 Å². The van der Waals surface area contributed by atoms with Crippen molar-refractivity contribution in [3.05, 3.63) is 69.7 Å². The van der Waals surface area contributed by atoms with E-state index in [0.29, 0.717) is 6.29 Å². The molecule has 0 amide bonds. The quantitative estimate of drug-likeness (QED) is 0.682. The topological polar surface area (TPSA) is 57.2 Å². The van der Waals surface area contributed by atoms with E-state index in [9.17, 15) is 15.0 Å². The highest BCUT2D eigenvalue weighted by Crippen LogP contribution is 2.35. The molecule has 0 aliphatic heterocycles. The summed E-state index contributed by atoms with van der Waals surface area (Å²) >= 11 is 3.57. The number of halogens is 1. The Hall–Kier alpha value is -2.33. The fourth-order valence-corrected chi connectivity index (χ4v) is 3.14. The highest BCUT2D eigenvalue weighted by Gasteiger charge is 2.16. The van der Waals surface area contributed by atoms with Crippen molar-refractivity contribution in [3.8, 4) is 11.5 Å². The van der Waals surface area contributed by atoms with Gasteiger partial charge in [0.1, 0.15) is 5.75 Å². The third-order valence-corrected chi connectivity index (χ3v) is 4.64. The molecule has 0 unspecified atom stereocenters. The molecule has 0 aliphatic rings. The molecule has 1 N–H and O–H groups in total. The summed E-state index contributed by atoms with van der Waals surface area (Å²) in [5.74, 6) is -0.509. The Kier molecular flexibility index (Phi) is 3.86. The van der Waals surface area contributed by atoms with Crippen LogP contribution in [-0.4, -0.2) is 11.4 Å². The van der Waals surface area contributed by atoms with Gasteiger partial charge in [0, 0.05) is 16.5 Å². The van der Waals surface area contributed by atoms with Gasteiger partial charge in [-0.2, -0.15) is 0 Å². The third kappa shape index (κ3) is 2.46. The second-order valence-corrected chi connectivity index (χ2v) is 5.83. The number of aldehydes is 1. The summed E-state index contributed by atoms with van der Waals surface area (Å²) in [6, 6.07) is 14.4. The first-order chi connectivity index (χ1) is 10.6. The van der Waals surface area contributed by atoms with Crippen LogP contribution in [0.15, 0.2) is 53.0 Å². The summed E-state index contributed by atoms with van der Waals surface area (Å²) < 4.78 is 0.890. The van der Waals surface area contributed by atoms with Crippen LogP contribution < -0.4 is 0 Å². The number of phenols is 1. The molecule has 0 saturated heterocycles. The van der Waals surface area contributed by atoms with Crippen LogP contribution in [0.1, 0.15) is 21.5 Å². The van der Waals surface area contributed by atoms with Gasteiger partial charge in [-0.05, 0) is 44.4 Å². The molecule has 0 fully saturated rings. The van der Waals surface area contributed by atoms with Gasteiger partial charge in [-0.1, -0.05) is 36.4 Å². The van der Waals surface area contributed by atoms with E-state index in [0.717, 1.165) is 20.8 Å². The number of carbonyl (C=O) groups excluding carboxylic acids is 1. The lowest BCUT2D eigenvalue weighted by Crippen LogP contribution is -1.94. The number of hydrogen-bond donors (Lipinski definition) is 1. The van der Waals surface area contributed by atoms with Crippen LogP contribution in [0.25, 0.3) is 10.8 Å². The molecule has 109 valence electrons. The zero-order valence-corrected chi connectivity index (χ0v) is 13.1. The minimum atomic E-state index is -0.275. The van der Waals surface area contributed by atoms with E-state index in [4.69, 9.17) is 0 Å². The van der Waals surface area contributed by atoms with Gasteiger partial charge in [-0.15, -0.1) is 0 Å². The molecular weight excluding hydrogens is 344 g/mol. The van der Waals surface area contributed by atoms with E-state index in [-0.39, 0.29) is 29.0 Å². The minimum Gasteiger partial charge on any atom is -0.507 e. The molecule has 0 bridgehead atoms. The van der Waals surface area contributed by atoms with Gasteiger partial charge in [0.15, 0.2) is 12.0 Å². The van der Waals surface area contributed by atoms with Gasteiger partial charge in [-0.3, -0.25) is 9.90 Å². The predicted octanol–water partition coefficient (Wildman–Crippen LogP) is 4.86. The lowest BCUT2D eigenvalue weighted by Gasteiger charge is -2.11. The fraction of sp³-hybridized carbons (Fsp3) is 0.0556. The van der Waals surface area contributed by atoms with Gasteiger partial charge in [0.25, 0.3) is 0 Å². The van der Waals surface area contributed by atoms with Crippen LogP contribution in [-0.2, 0) is 11.5 Å². The molecule has 0 heterocycles. The predicted molar refractivity (Wildman–Crippen MR) is 88.1 cm³/mol. The second-order valence-electron chi connectivity index (χ2n) is 5.03. The van der Waals surface area contributed by atoms with Crippen LogP contribution in [0, 0.1) is 0 Å². The number of phenolic OH excluding ortho intramolecular Hbond substituents is 1. The normalized spacial score (nSPS) is 10.8. The first kappa shape index (κ1) is 14.6. The van der Waals surface area contributed by atoms with Crippen LogP contribution in [0.2, 0.25) is 0 Å². The number of benzene rings is 3. The molecule has 3 rings (SSSR count). The number of hydrogen-bond acceptors (Lipinski definition) is 2. The highest BCUT2D eigenvalue weighted by molar-refractivity contribution is 9.10. The van der Waals surface area contributed by atoms with Crippen molar-refractivity contribution in [2.75, 3.05) is 0 Å². The van der Waals surface area contributed by atoms with E-state index in [1.54, 1.807) is 0 Å². The van der Waals surface area contributed by atoms with Gasteiger partial charge < -0.3 is 5.11 Å². The highest BCUT2D eigenvalue weighted by atomic mass is 79.9. The zero-order chi connectivity index (χ0) is 15.7. The van der Waals surface area contributed by atoms with Crippen molar-refractivity contribution >= 4 is 33.0 Å². The Morgan fingerprint density at radius 1 is 1.05 bits per heavy atom. The van der Waals surface area contributed by atoms with Crippen molar-refractivity contribution in [1.29, 1.82) is 0 Å². The van der Waals surface area contributed by atoms with Crippen molar-refractivity contribution in [2.24, 2.45) is 0 Å². The fourth-order valence-electron chi connectivity index (χ4n) is 2.51. The Balaban J connectivity index is 2.11. The van der Waals surface area contributed by atoms with Crippen molar-refractivity contribution in [3.63, 3.8) is 0 Å². The molecule has 3 nitrogen and oxygen atoms in total. The number of rotatable bonds is 3. The Morgan fingerprint density at radius 2 is 1.82 bits per heavy atom. The van der Waals surface area contributed by atoms with Gasteiger partial charge >= 0.3 is 0 Å². The molecule has 0 atom stereocenters. The largest absolute Gasteiger partial charge is 0.507 e. The summed E-state index contributed by atoms with van der Waals surface area (Å²) in [6.45, 7) is 0. The molecule has 0 aromatic heterocycles. The van der Waals surface area contributed by atoms with Crippen LogP contribution >= 0.6 is 15.9 Å². The monoisotopic (exact) mass is 355 g/mol. The molecule has 0 aliphatic carbocycles. The molecule has 4 heteroatoms. The molecule has 3 aromatic rings. The van der Waals surface area contributed by atoms with Gasteiger partial charge in [-0.25, -0.2) is 0 Å². The smallest absolute Gasteiger partial charge is 0.185 e. The SMILES string of the molecule is [O]c1ccc(C=O)c(O)c1Cc1ccc2ccccc2c1Br. The molecule has 0 spiro atoms. The van der Waals surface area contributed by atoms with Gasteiger partial charge in [0.2, 0.25) is 0 Å². The molecule has 3 aromatic carbocycles.